The molecule has 0 atom stereocenters. The number of non-ortho nitro benzene ring substituents is 1. The monoisotopic (exact) mass is 419 g/mol. The Morgan fingerprint density at radius 2 is 1.97 bits per heavy atom. The SMILES string of the molecule is CCCOc1ccc([N+](=O)[O-])cc1-c1nc2c(c(C)nn2Cc2ccccc2)c(=O)[nH]1. The van der Waals surface area contributed by atoms with Gasteiger partial charge in [0.2, 0.25) is 0 Å². The van der Waals surface area contributed by atoms with Crippen LogP contribution < -0.4 is 10.3 Å². The second kappa shape index (κ2) is 8.39. The lowest BCUT2D eigenvalue weighted by Gasteiger charge is -2.11. The van der Waals surface area contributed by atoms with Crippen molar-refractivity contribution in [1.29, 1.82) is 0 Å². The molecule has 0 saturated heterocycles. The predicted molar refractivity (Wildman–Crippen MR) is 116 cm³/mol. The molecule has 4 aromatic rings. The summed E-state index contributed by atoms with van der Waals surface area (Å²) in [5.74, 6) is 0.613. The van der Waals surface area contributed by atoms with E-state index in [1.807, 2.05) is 37.3 Å². The van der Waals surface area contributed by atoms with Gasteiger partial charge in [0.15, 0.2) is 5.65 Å². The number of aryl methyl sites for hydroxylation is 1. The molecule has 1 N–H and O–H groups in total. The molecule has 0 aliphatic rings. The van der Waals surface area contributed by atoms with E-state index in [1.165, 1.54) is 18.2 Å². The number of ether oxygens (including phenoxy) is 1. The summed E-state index contributed by atoms with van der Waals surface area (Å²) in [6, 6.07) is 14.0. The molecule has 9 nitrogen and oxygen atoms in total. The van der Waals surface area contributed by atoms with Crippen LogP contribution >= 0.6 is 0 Å². The summed E-state index contributed by atoms with van der Waals surface area (Å²) >= 11 is 0. The number of benzene rings is 2. The number of hydrogen-bond donors (Lipinski definition) is 1. The second-order valence-corrected chi connectivity index (χ2v) is 7.13. The molecule has 2 aromatic heterocycles. The number of fused-ring (bicyclic) bond motifs is 1. The lowest BCUT2D eigenvalue weighted by Crippen LogP contribution is -2.12. The minimum absolute atomic E-state index is 0.115. The Bertz CT molecular complexity index is 1310. The van der Waals surface area contributed by atoms with Crippen LogP contribution in [0.25, 0.3) is 22.4 Å². The molecular formula is C22H21N5O4. The normalized spacial score (nSPS) is 11.0. The van der Waals surface area contributed by atoms with Gasteiger partial charge in [-0.15, -0.1) is 0 Å². The Hall–Kier alpha value is -4.01. The maximum Gasteiger partial charge on any atom is 0.270 e. The molecule has 158 valence electrons. The third kappa shape index (κ3) is 4.02. The second-order valence-electron chi connectivity index (χ2n) is 7.13. The average molecular weight is 419 g/mol. The molecule has 0 spiro atoms. The van der Waals surface area contributed by atoms with Crippen LogP contribution in [-0.4, -0.2) is 31.3 Å². The Kier molecular flexibility index (Phi) is 5.48. The van der Waals surface area contributed by atoms with Crippen molar-refractivity contribution in [3.8, 4) is 17.1 Å². The number of hydrogen-bond acceptors (Lipinski definition) is 6. The first-order valence-corrected chi connectivity index (χ1v) is 9.91. The number of rotatable bonds is 7. The van der Waals surface area contributed by atoms with Crippen molar-refractivity contribution in [3.05, 3.63) is 80.3 Å². The van der Waals surface area contributed by atoms with Crippen molar-refractivity contribution in [2.75, 3.05) is 6.61 Å². The van der Waals surface area contributed by atoms with E-state index < -0.39 is 4.92 Å². The van der Waals surface area contributed by atoms with Gasteiger partial charge in [0, 0.05) is 12.1 Å². The smallest absolute Gasteiger partial charge is 0.270 e. The van der Waals surface area contributed by atoms with E-state index in [1.54, 1.807) is 11.6 Å². The fourth-order valence-electron chi connectivity index (χ4n) is 3.40. The minimum Gasteiger partial charge on any atom is -0.493 e. The molecule has 0 amide bonds. The van der Waals surface area contributed by atoms with E-state index in [2.05, 4.69) is 15.1 Å². The molecule has 0 fully saturated rings. The van der Waals surface area contributed by atoms with Gasteiger partial charge < -0.3 is 9.72 Å². The van der Waals surface area contributed by atoms with Crippen LogP contribution in [-0.2, 0) is 6.54 Å². The van der Waals surface area contributed by atoms with Gasteiger partial charge in [-0.3, -0.25) is 14.9 Å². The maximum atomic E-state index is 12.9. The minimum atomic E-state index is -0.493. The first kappa shape index (κ1) is 20.3. The van der Waals surface area contributed by atoms with Crippen LogP contribution in [0.15, 0.2) is 53.3 Å². The van der Waals surface area contributed by atoms with E-state index in [0.717, 1.165) is 12.0 Å². The predicted octanol–water partition coefficient (Wildman–Crippen LogP) is 3.84. The fraction of sp³-hybridized carbons (Fsp3) is 0.227. The molecule has 31 heavy (non-hydrogen) atoms. The molecule has 0 aliphatic heterocycles. The zero-order valence-corrected chi connectivity index (χ0v) is 17.2. The number of nitrogens with zero attached hydrogens (tertiary/aromatic N) is 4. The van der Waals surface area contributed by atoms with E-state index in [9.17, 15) is 14.9 Å². The fourth-order valence-corrected chi connectivity index (χ4v) is 3.40. The molecule has 0 aliphatic carbocycles. The summed E-state index contributed by atoms with van der Waals surface area (Å²) in [5.41, 5.74) is 1.87. The average Bonchev–Trinajstić information content (AvgIpc) is 3.08. The molecule has 0 saturated carbocycles. The van der Waals surface area contributed by atoms with Crippen molar-refractivity contribution >= 4 is 16.7 Å². The highest BCUT2D eigenvalue weighted by molar-refractivity contribution is 5.80. The van der Waals surface area contributed by atoms with Crippen molar-refractivity contribution in [2.45, 2.75) is 26.8 Å². The number of nitro groups is 1. The third-order valence-corrected chi connectivity index (χ3v) is 4.84. The topological polar surface area (TPSA) is 116 Å². The highest BCUT2D eigenvalue weighted by Crippen LogP contribution is 2.32. The summed E-state index contributed by atoms with van der Waals surface area (Å²) < 4.78 is 7.42. The maximum absolute atomic E-state index is 12.9. The summed E-state index contributed by atoms with van der Waals surface area (Å²) in [5, 5.41) is 16.2. The lowest BCUT2D eigenvalue weighted by atomic mass is 10.1. The van der Waals surface area contributed by atoms with Crippen LogP contribution in [0.4, 0.5) is 5.69 Å². The summed E-state index contributed by atoms with van der Waals surface area (Å²) in [6.45, 7) is 4.59. The Labute approximate surface area is 177 Å². The Balaban J connectivity index is 1.89. The van der Waals surface area contributed by atoms with E-state index in [4.69, 9.17) is 4.74 Å². The summed E-state index contributed by atoms with van der Waals surface area (Å²) in [4.78, 5) is 31.1. The molecule has 2 heterocycles. The molecule has 0 radical (unpaired) electrons. The molecule has 0 bridgehead atoms. The quantitative estimate of drug-likeness (QED) is 0.359. The van der Waals surface area contributed by atoms with Gasteiger partial charge in [-0.2, -0.15) is 5.10 Å². The molecule has 2 aromatic carbocycles. The zero-order valence-electron chi connectivity index (χ0n) is 17.2. The van der Waals surface area contributed by atoms with Crippen molar-refractivity contribution in [1.82, 2.24) is 19.7 Å². The van der Waals surface area contributed by atoms with Gasteiger partial charge in [-0.05, 0) is 25.0 Å². The standard InChI is InChI=1S/C22H21N5O4/c1-3-11-31-18-10-9-16(27(29)30)12-17(18)20-23-21-19(22(28)24-20)14(2)25-26(21)13-15-7-5-4-6-8-15/h4-10,12H,3,11,13H2,1-2H3,(H,23,24,28). The number of nitrogens with one attached hydrogen (secondary N) is 1. The first-order chi connectivity index (χ1) is 15.0. The van der Waals surface area contributed by atoms with Gasteiger partial charge in [0.25, 0.3) is 11.2 Å². The van der Waals surface area contributed by atoms with Gasteiger partial charge in [0.1, 0.15) is 17.0 Å². The van der Waals surface area contributed by atoms with Crippen LogP contribution in [0.1, 0.15) is 24.6 Å². The highest BCUT2D eigenvalue weighted by Gasteiger charge is 2.19. The summed E-state index contributed by atoms with van der Waals surface area (Å²) in [6.07, 6.45) is 0.766. The lowest BCUT2D eigenvalue weighted by molar-refractivity contribution is -0.384. The first-order valence-electron chi connectivity index (χ1n) is 9.91. The van der Waals surface area contributed by atoms with E-state index in [0.29, 0.717) is 41.2 Å². The number of aromatic amines is 1. The van der Waals surface area contributed by atoms with Gasteiger partial charge in [0.05, 0.1) is 29.3 Å². The van der Waals surface area contributed by atoms with Crippen molar-refractivity contribution < 1.29 is 9.66 Å². The molecular weight excluding hydrogens is 398 g/mol. The number of H-pyrrole nitrogens is 1. The number of nitro benzene ring substituents is 1. The van der Waals surface area contributed by atoms with Crippen molar-refractivity contribution in [2.24, 2.45) is 0 Å². The Morgan fingerprint density at radius 3 is 2.68 bits per heavy atom. The largest absolute Gasteiger partial charge is 0.493 e. The number of aromatic nitrogens is 4. The van der Waals surface area contributed by atoms with Crippen LogP contribution in [0, 0.1) is 17.0 Å². The van der Waals surface area contributed by atoms with Crippen LogP contribution in [0.2, 0.25) is 0 Å². The van der Waals surface area contributed by atoms with Crippen molar-refractivity contribution in [3.63, 3.8) is 0 Å². The third-order valence-electron chi connectivity index (χ3n) is 4.84. The van der Waals surface area contributed by atoms with Crippen LogP contribution in [0.3, 0.4) is 0 Å². The highest BCUT2D eigenvalue weighted by atomic mass is 16.6. The van der Waals surface area contributed by atoms with Crippen LogP contribution in [0.5, 0.6) is 5.75 Å². The van der Waals surface area contributed by atoms with E-state index >= 15 is 0 Å². The molecule has 9 heteroatoms. The molecule has 0 unspecified atom stereocenters. The van der Waals surface area contributed by atoms with Gasteiger partial charge >= 0.3 is 0 Å². The zero-order chi connectivity index (χ0) is 22.0. The summed E-state index contributed by atoms with van der Waals surface area (Å²) in [7, 11) is 0. The Morgan fingerprint density at radius 1 is 1.19 bits per heavy atom. The van der Waals surface area contributed by atoms with E-state index in [-0.39, 0.29) is 17.1 Å². The van der Waals surface area contributed by atoms with Gasteiger partial charge in [-0.1, -0.05) is 37.3 Å². The molecule has 4 rings (SSSR count). The van der Waals surface area contributed by atoms with Gasteiger partial charge in [-0.25, -0.2) is 9.67 Å².